The Kier molecular flexibility index (Phi) is 4.24. The molecule has 5 nitrogen and oxygen atoms in total. The van der Waals surface area contributed by atoms with Crippen LogP contribution in [-0.2, 0) is 6.42 Å². The third-order valence-corrected chi connectivity index (χ3v) is 3.26. The number of guanidine groups is 2. The Morgan fingerprint density at radius 2 is 2.05 bits per heavy atom. The van der Waals surface area contributed by atoms with Crippen LogP contribution in [0.25, 0.3) is 5.57 Å². The summed E-state index contributed by atoms with van der Waals surface area (Å²) in [5.74, 6) is -0.515. The molecule has 7 heteroatoms. The molecule has 0 atom stereocenters. The minimum absolute atomic E-state index is 0.00962. The number of fused-ring (bicyclic) bond motifs is 1. The zero-order valence-corrected chi connectivity index (χ0v) is 11.5. The fraction of sp³-hybridized carbons (Fsp3) is 0.231. The number of hydrogen-bond donors (Lipinski definition) is 3. The van der Waals surface area contributed by atoms with Crippen LogP contribution in [0.2, 0.25) is 5.02 Å². The predicted octanol–water partition coefficient (Wildman–Crippen LogP) is 1.40. The van der Waals surface area contributed by atoms with Gasteiger partial charge in [-0.3, -0.25) is 4.99 Å². The standard InChI is InChI=1S/C13H15ClFN5/c14-9-4-3-7-1-2-8(10(7)11(9)15)5-6-19-13(18)20-12(16)17/h2-4H,1,5-6H2,(H6,16,17,18,19,20). The largest absolute Gasteiger partial charge is 0.370 e. The Hall–Kier alpha value is -2.08. The molecule has 2 rings (SSSR count). The van der Waals surface area contributed by atoms with E-state index in [1.54, 1.807) is 6.07 Å². The van der Waals surface area contributed by atoms with Crippen LogP contribution in [0, 0.1) is 5.82 Å². The molecule has 0 unspecified atom stereocenters. The molecule has 20 heavy (non-hydrogen) atoms. The number of rotatable bonds is 3. The van der Waals surface area contributed by atoms with Gasteiger partial charge in [0, 0.05) is 12.1 Å². The lowest BCUT2D eigenvalue weighted by molar-refractivity contribution is 0.623. The lowest BCUT2D eigenvalue weighted by atomic mass is 10.0. The smallest absolute Gasteiger partial charge is 0.218 e. The van der Waals surface area contributed by atoms with Crippen LogP contribution in [0.4, 0.5) is 4.39 Å². The zero-order valence-electron chi connectivity index (χ0n) is 10.7. The predicted molar refractivity (Wildman–Crippen MR) is 80.0 cm³/mol. The highest BCUT2D eigenvalue weighted by molar-refractivity contribution is 6.31. The first kappa shape index (κ1) is 14.3. The average Bonchev–Trinajstić information content (AvgIpc) is 2.77. The van der Waals surface area contributed by atoms with Gasteiger partial charge in [0.05, 0.1) is 5.02 Å². The second-order valence-electron chi connectivity index (χ2n) is 4.36. The molecule has 1 aromatic carbocycles. The van der Waals surface area contributed by atoms with E-state index in [2.05, 4.69) is 9.98 Å². The molecule has 0 saturated heterocycles. The molecule has 0 radical (unpaired) electrons. The molecule has 6 N–H and O–H groups in total. The molecule has 1 aliphatic carbocycles. The highest BCUT2D eigenvalue weighted by atomic mass is 35.5. The average molecular weight is 296 g/mol. The Morgan fingerprint density at radius 1 is 1.30 bits per heavy atom. The molecule has 0 heterocycles. The van der Waals surface area contributed by atoms with E-state index in [1.807, 2.05) is 12.1 Å². The number of nitrogens with zero attached hydrogens (tertiary/aromatic N) is 2. The Morgan fingerprint density at radius 3 is 2.75 bits per heavy atom. The molecule has 0 spiro atoms. The minimum Gasteiger partial charge on any atom is -0.370 e. The summed E-state index contributed by atoms with van der Waals surface area (Å²) >= 11 is 5.80. The Bertz CT molecular complexity index is 617. The summed E-state index contributed by atoms with van der Waals surface area (Å²) < 4.78 is 14.0. The normalized spacial score (nSPS) is 13.9. The van der Waals surface area contributed by atoms with Crippen LogP contribution < -0.4 is 17.2 Å². The molecule has 0 saturated carbocycles. The second kappa shape index (κ2) is 5.92. The van der Waals surface area contributed by atoms with E-state index in [-0.39, 0.29) is 22.8 Å². The van der Waals surface area contributed by atoms with Gasteiger partial charge in [-0.05, 0) is 30.0 Å². The van der Waals surface area contributed by atoms with Gasteiger partial charge in [0.15, 0.2) is 5.96 Å². The van der Waals surface area contributed by atoms with Gasteiger partial charge < -0.3 is 17.2 Å². The second-order valence-corrected chi connectivity index (χ2v) is 4.76. The van der Waals surface area contributed by atoms with E-state index < -0.39 is 0 Å². The number of nitrogens with two attached hydrogens (primary N) is 3. The van der Waals surface area contributed by atoms with Crippen molar-refractivity contribution in [2.45, 2.75) is 12.8 Å². The van der Waals surface area contributed by atoms with Crippen molar-refractivity contribution in [2.24, 2.45) is 27.2 Å². The van der Waals surface area contributed by atoms with Crippen LogP contribution in [0.1, 0.15) is 17.5 Å². The first-order valence-electron chi connectivity index (χ1n) is 6.05. The topological polar surface area (TPSA) is 103 Å². The van der Waals surface area contributed by atoms with Crippen LogP contribution >= 0.6 is 11.6 Å². The van der Waals surface area contributed by atoms with Crippen LogP contribution in [0.15, 0.2) is 28.2 Å². The summed E-state index contributed by atoms with van der Waals surface area (Å²) in [6, 6.07) is 3.41. The quantitative estimate of drug-likeness (QED) is 0.580. The first-order chi connectivity index (χ1) is 9.49. The summed E-state index contributed by atoms with van der Waals surface area (Å²) in [5, 5.41) is 0.125. The molecule has 0 amide bonds. The summed E-state index contributed by atoms with van der Waals surface area (Å²) in [6.45, 7) is 0.375. The van der Waals surface area contributed by atoms with Crippen molar-refractivity contribution in [1.29, 1.82) is 0 Å². The molecule has 0 fully saturated rings. The molecule has 106 valence electrons. The van der Waals surface area contributed by atoms with Gasteiger partial charge in [-0.1, -0.05) is 23.7 Å². The molecule has 0 aromatic heterocycles. The number of allylic oxidation sites excluding steroid dienone is 1. The van der Waals surface area contributed by atoms with Gasteiger partial charge in [0.25, 0.3) is 0 Å². The van der Waals surface area contributed by atoms with Crippen molar-refractivity contribution in [2.75, 3.05) is 6.54 Å². The van der Waals surface area contributed by atoms with Crippen LogP contribution in [0.3, 0.4) is 0 Å². The SMILES string of the molecule is NC(N)=NC(N)=NCCC1=CCc2ccc(Cl)c(F)c21. The summed E-state index contributed by atoms with van der Waals surface area (Å²) in [5.41, 5.74) is 18.2. The fourth-order valence-corrected chi connectivity index (χ4v) is 2.29. The third-order valence-electron chi connectivity index (χ3n) is 2.97. The van der Waals surface area contributed by atoms with Gasteiger partial charge in [0.1, 0.15) is 5.82 Å². The van der Waals surface area contributed by atoms with E-state index in [0.29, 0.717) is 24.9 Å². The maximum Gasteiger partial charge on any atom is 0.218 e. The molecular formula is C13H15ClFN5. The molecule has 1 aliphatic rings. The summed E-state index contributed by atoms with van der Waals surface area (Å²) in [4.78, 5) is 7.61. The molecule has 0 aliphatic heterocycles. The van der Waals surface area contributed by atoms with E-state index >= 15 is 0 Å². The van der Waals surface area contributed by atoms with Crippen LogP contribution in [-0.4, -0.2) is 18.5 Å². The highest BCUT2D eigenvalue weighted by Crippen LogP contribution is 2.34. The van der Waals surface area contributed by atoms with Gasteiger partial charge in [0.2, 0.25) is 5.96 Å². The lowest BCUT2D eigenvalue weighted by Gasteiger charge is -2.07. The van der Waals surface area contributed by atoms with Crippen molar-refractivity contribution >= 4 is 29.1 Å². The van der Waals surface area contributed by atoms with Gasteiger partial charge in [-0.15, -0.1) is 0 Å². The summed E-state index contributed by atoms with van der Waals surface area (Å²) in [6.07, 6.45) is 3.22. The van der Waals surface area contributed by atoms with Gasteiger partial charge >= 0.3 is 0 Å². The van der Waals surface area contributed by atoms with Crippen molar-refractivity contribution < 1.29 is 4.39 Å². The fourth-order valence-electron chi connectivity index (χ4n) is 2.13. The van der Waals surface area contributed by atoms with Crippen molar-refractivity contribution in [3.63, 3.8) is 0 Å². The van der Waals surface area contributed by atoms with Gasteiger partial charge in [-0.25, -0.2) is 4.39 Å². The van der Waals surface area contributed by atoms with E-state index in [0.717, 1.165) is 11.1 Å². The number of benzene rings is 1. The number of hydrogen-bond acceptors (Lipinski definition) is 1. The van der Waals surface area contributed by atoms with Crippen molar-refractivity contribution in [3.8, 4) is 0 Å². The molecule has 1 aromatic rings. The maximum atomic E-state index is 14.0. The van der Waals surface area contributed by atoms with E-state index in [4.69, 9.17) is 28.8 Å². The highest BCUT2D eigenvalue weighted by Gasteiger charge is 2.19. The third kappa shape index (κ3) is 3.08. The molecule has 0 bridgehead atoms. The van der Waals surface area contributed by atoms with E-state index in [1.165, 1.54) is 0 Å². The Balaban J connectivity index is 2.09. The maximum absolute atomic E-state index is 14.0. The zero-order chi connectivity index (χ0) is 14.7. The first-order valence-corrected chi connectivity index (χ1v) is 6.42. The number of aliphatic imine (C=N–C) groups is 2. The monoisotopic (exact) mass is 295 g/mol. The van der Waals surface area contributed by atoms with E-state index in [9.17, 15) is 4.39 Å². The van der Waals surface area contributed by atoms with Crippen molar-refractivity contribution in [3.05, 3.63) is 40.2 Å². The summed E-state index contributed by atoms with van der Waals surface area (Å²) in [7, 11) is 0. The minimum atomic E-state index is -0.380. The van der Waals surface area contributed by atoms with Gasteiger partial charge in [-0.2, -0.15) is 4.99 Å². The molecular weight excluding hydrogens is 281 g/mol. The lowest BCUT2D eigenvalue weighted by Crippen LogP contribution is -2.26. The number of halogens is 2. The van der Waals surface area contributed by atoms with Crippen LogP contribution in [0.5, 0.6) is 0 Å². The van der Waals surface area contributed by atoms with Crippen molar-refractivity contribution in [1.82, 2.24) is 0 Å². The Labute approximate surface area is 121 Å².